The number of aromatic nitrogens is 1. The maximum absolute atomic E-state index is 11.8. The molecule has 0 aliphatic rings. The first kappa shape index (κ1) is 17.0. The number of anilines is 1. The van der Waals surface area contributed by atoms with Gasteiger partial charge in [-0.1, -0.05) is 65.7 Å². The maximum atomic E-state index is 11.8. The molecule has 0 fully saturated rings. The van der Waals surface area contributed by atoms with Crippen molar-refractivity contribution < 1.29 is 4.79 Å². The highest BCUT2D eigenvalue weighted by Crippen LogP contribution is 2.29. The highest BCUT2D eigenvalue weighted by Gasteiger charge is 2.18. The fourth-order valence-electron chi connectivity index (χ4n) is 2.25. The molecule has 0 saturated heterocycles. The van der Waals surface area contributed by atoms with Gasteiger partial charge < -0.3 is 4.90 Å². The van der Waals surface area contributed by atoms with E-state index in [4.69, 9.17) is 23.2 Å². The van der Waals surface area contributed by atoms with Crippen LogP contribution in [0.15, 0.2) is 60.0 Å². The van der Waals surface area contributed by atoms with E-state index in [2.05, 4.69) is 4.98 Å². The zero-order chi connectivity index (χ0) is 17.1. The molecule has 2 aromatic carbocycles. The Labute approximate surface area is 154 Å². The molecule has 0 saturated carbocycles. The van der Waals surface area contributed by atoms with E-state index in [1.807, 2.05) is 60.0 Å². The summed E-state index contributed by atoms with van der Waals surface area (Å²) in [4.78, 5) is 16.9. The summed E-state index contributed by atoms with van der Waals surface area (Å²) in [5.74, 6) is -0.355. The van der Waals surface area contributed by atoms with Gasteiger partial charge in [-0.3, -0.25) is 4.79 Å². The summed E-state index contributed by atoms with van der Waals surface area (Å²) in [6, 6.07) is 17.6. The molecule has 3 aromatic rings. The van der Waals surface area contributed by atoms with E-state index in [9.17, 15) is 4.79 Å². The average molecular weight is 377 g/mol. The van der Waals surface area contributed by atoms with Crippen molar-refractivity contribution in [3.8, 4) is 21.8 Å². The lowest BCUT2D eigenvalue weighted by Gasteiger charge is -2.17. The molecule has 1 aromatic heterocycles. The minimum Gasteiger partial charge on any atom is -0.313 e. The molecule has 0 atom stereocenters. The number of hydrogen-bond donors (Lipinski definition) is 0. The summed E-state index contributed by atoms with van der Waals surface area (Å²) < 4.78 is 0. The quantitative estimate of drug-likeness (QED) is 0.583. The summed E-state index contributed by atoms with van der Waals surface area (Å²) >= 11 is 12.9. The van der Waals surface area contributed by atoms with Crippen LogP contribution in [0.4, 0.5) is 5.69 Å². The molecule has 0 radical (unpaired) electrons. The van der Waals surface area contributed by atoms with Crippen molar-refractivity contribution in [2.24, 2.45) is 0 Å². The Morgan fingerprint density at radius 3 is 2.33 bits per heavy atom. The molecule has 0 bridgehead atoms. The van der Waals surface area contributed by atoms with Crippen LogP contribution < -0.4 is 4.90 Å². The maximum Gasteiger partial charge on any atom is 0.260 e. The first-order chi connectivity index (χ1) is 11.6. The first-order valence-electron chi connectivity index (χ1n) is 7.23. The molecule has 122 valence electrons. The number of halogens is 2. The Morgan fingerprint density at radius 2 is 1.71 bits per heavy atom. The first-order valence-corrected chi connectivity index (χ1v) is 8.98. The third-order valence-electron chi connectivity index (χ3n) is 3.59. The highest BCUT2D eigenvalue weighted by molar-refractivity contribution is 7.13. The number of amides is 1. The van der Waals surface area contributed by atoms with Crippen LogP contribution >= 0.6 is 34.5 Å². The lowest BCUT2D eigenvalue weighted by Crippen LogP contribution is -2.30. The van der Waals surface area contributed by atoms with Gasteiger partial charge in [-0.25, -0.2) is 4.98 Å². The van der Waals surface area contributed by atoms with Crippen molar-refractivity contribution in [2.75, 3.05) is 11.9 Å². The van der Waals surface area contributed by atoms with Crippen LogP contribution in [0.2, 0.25) is 0 Å². The second-order valence-electron chi connectivity index (χ2n) is 5.15. The third kappa shape index (κ3) is 3.61. The van der Waals surface area contributed by atoms with Crippen molar-refractivity contribution >= 4 is 46.1 Å². The number of carbonyl (C=O) groups excluding carboxylic acids is 1. The van der Waals surface area contributed by atoms with E-state index < -0.39 is 4.84 Å². The van der Waals surface area contributed by atoms with Crippen LogP contribution in [0.3, 0.4) is 0 Å². The lowest BCUT2D eigenvalue weighted by atomic mass is 10.1. The van der Waals surface area contributed by atoms with E-state index >= 15 is 0 Å². The fourth-order valence-corrected chi connectivity index (χ4v) is 3.38. The number of benzene rings is 2. The topological polar surface area (TPSA) is 33.2 Å². The van der Waals surface area contributed by atoms with Gasteiger partial charge in [0.15, 0.2) is 4.84 Å². The molecular weight excluding hydrogens is 363 g/mol. The van der Waals surface area contributed by atoms with Gasteiger partial charge in [0.2, 0.25) is 0 Å². The van der Waals surface area contributed by atoms with Gasteiger partial charge >= 0.3 is 0 Å². The number of nitrogens with zero attached hydrogens (tertiary/aromatic N) is 2. The SMILES string of the molecule is CN(C(=O)C(Cl)Cl)c1ccc(-c2csc(-c3ccccc3)n2)cc1. The minimum atomic E-state index is -1.07. The summed E-state index contributed by atoms with van der Waals surface area (Å²) in [7, 11) is 1.64. The number of thiazole rings is 1. The van der Waals surface area contributed by atoms with E-state index in [1.165, 1.54) is 4.90 Å². The third-order valence-corrected chi connectivity index (χ3v) is 4.86. The van der Waals surface area contributed by atoms with Gasteiger partial charge in [-0.05, 0) is 12.1 Å². The van der Waals surface area contributed by atoms with Crippen molar-refractivity contribution in [1.82, 2.24) is 4.98 Å². The zero-order valence-electron chi connectivity index (χ0n) is 12.8. The van der Waals surface area contributed by atoms with Gasteiger partial charge in [0, 0.05) is 29.2 Å². The zero-order valence-corrected chi connectivity index (χ0v) is 15.1. The highest BCUT2D eigenvalue weighted by atomic mass is 35.5. The summed E-state index contributed by atoms with van der Waals surface area (Å²) in [5, 5.41) is 3.01. The summed E-state index contributed by atoms with van der Waals surface area (Å²) in [5.41, 5.74) is 3.73. The Kier molecular flexibility index (Phi) is 5.19. The molecule has 1 heterocycles. The molecule has 3 rings (SSSR count). The van der Waals surface area contributed by atoms with Crippen molar-refractivity contribution in [2.45, 2.75) is 4.84 Å². The van der Waals surface area contributed by atoms with Crippen molar-refractivity contribution in [1.29, 1.82) is 0 Å². The molecule has 0 spiro atoms. The number of hydrogen-bond acceptors (Lipinski definition) is 3. The van der Waals surface area contributed by atoms with Crippen LogP contribution in [0, 0.1) is 0 Å². The van der Waals surface area contributed by atoms with Crippen LogP contribution in [0.25, 0.3) is 21.8 Å². The number of rotatable bonds is 4. The average Bonchev–Trinajstić information content (AvgIpc) is 3.11. The van der Waals surface area contributed by atoms with Gasteiger partial charge in [-0.2, -0.15) is 0 Å². The monoisotopic (exact) mass is 376 g/mol. The Hall–Kier alpha value is -1.88. The smallest absolute Gasteiger partial charge is 0.260 e. The standard InChI is InChI=1S/C18H14Cl2N2OS/c1-22(18(23)16(19)20)14-9-7-12(8-10-14)15-11-24-17(21-15)13-5-3-2-4-6-13/h2-11,16H,1H3. The van der Waals surface area contributed by atoms with Gasteiger partial charge in [-0.15, -0.1) is 11.3 Å². The molecule has 0 aliphatic carbocycles. The van der Waals surface area contributed by atoms with Crippen LogP contribution in [-0.4, -0.2) is 22.8 Å². The molecule has 0 unspecified atom stereocenters. The second kappa shape index (κ2) is 7.34. The number of alkyl halides is 2. The molecule has 3 nitrogen and oxygen atoms in total. The van der Waals surface area contributed by atoms with Gasteiger partial charge in [0.1, 0.15) is 5.01 Å². The molecule has 0 aliphatic heterocycles. The molecule has 1 amide bonds. The van der Waals surface area contributed by atoms with Crippen LogP contribution in [0.1, 0.15) is 0 Å². The van der Waals surface area contributed by atoms with Crippen molar-refractivity contribution in [3.63, 3.8) is 0 Å². The molecule has 24 heavy (non-hydrogen) atoms. The van der Waals surface area contributed by atoms with E-state index in [0.29, 0.717) is 0 Å². The largest absolute Gasteiger partial charge is 0.313 e. The molecular formula is C18H14Cl2N2OS. The minimum absolute atomic E-state index is 0.355. The Bertz CT molecular complexity index is 832. The Balaban J connectivity index is 1.82. The van der Waals surface area contributed by atoms with Crippen molar-refractivity contribution in [3.05, 3.63) is 60.0 Å². The van der Waals surface area contributed by atoms with Gasteiger partial charge in [0.05, 0.1) is 5.69 Å². The number of carbonyl (C=O) groups is 1. The molecule has 6 heteroatoms. The second-order valence-corrected chi connectivity index (χ2v) is 7.10. The van der Waals surface area contributed by atoms with Gasteiger partial charge in [0.25, 0.3) is 5.91 Å². The fraction of sp³-hybridized carbons (Fsp3) is 0.111. The van der Waals surface area contributed by atoms with E-state index in [0.717, 1.165) is 27.5 Å². The predicted molar refractivity (Wildman–Crippen MR) is 102 cm³/mol. The normalized spacial score (nSPS) is 10.8. The Morgan fingerprint density at radius 1 is 1.04 bits per heavy atom. The summed E-state index contributed by atoms with van der Waals surface area (Å²) in [6.45, 7) is 0. The van der Waals surface area contributed by atoms with E-state index in [1.54, 1.807) is 18.4 Å². The van der Waals surface area contributed by atoms with Crippen LogP contribution in [-0.2, 0) is 4.79 Å². The van der Waals surface area contributed by atoms with Crippen LogP contribution in [0.5, 0.6) is 0 Å². The van der Waals surface area contributed by atoms with E-state index in [-0.39, 0.29) is 5.91 Å². The lowest BCUT2D eigenvalue weighted by molar-refractivity contribution is -0.116. The molecule has 0 N–H and O–H groups in total. The summed E-state index contributed by atoms with van der Waals surface area (Å²) in [6.07, 6.45) is 0. The predicted octanol–water partition coefficient (Wildman–Crippen LogP) is 5.24.